The van der Waals surface area contributed by atoms with E-state index in [1.807, 2.05) is 20.0 Å². The summed E-state index contributed by atoms with van der Waals surface area (Å²) in [5, 5.41) is 0. The van der Waals surface area contributed by atoms with E-state index in [1.54, 1.807) is 6.20 Å². The first-order chi connectivity index (χ1) is 9.47. The lowest BCUT2D eigenvalue weighted by molar-refractivity contribution is 0.228. The Morgan fingerprint density at radius 2 is 1.95 bits per heavy atom. The topological polar surface area (TPSA) is 48.1 Å². The second kappa shape index (κ2) is 6.57. The number of hydrogen-bond donors (Lipinski definition) is 1. The minimum Gasteiger partial charge on any atom is -0.489 e. The van der Waals surface area contributed by atoms with Gasteiger partial charge in [0.15, 0.2) is 0 Å². The Bertz CT molecular complexity index is 431. The van der Waals surface area contributed by atoms with Crippen LogP contribution in [0.15, 0.2) is 18.5 Å². The third-order valence-electron chi connectivity index (χ3n) is 4.42. The van der Waals surface area contributed by atoms with Crippen molar-refractivity contribution in [3.8, 4) is 5.75 Å². The fourth-order valence-corrected chi connectivity index (χ4v) is 3.19. The van der Waals surface area contributed by atoms with Gasteiger partial charge < -0.3 is 10.5 Å². The molecule has 1 fully saturated rings. The molecule has 0 spiro atoms. The van der Waals surface area contributed by atoms with Gasteiger partial charge in [-0.15, -0.1) is 0 Å². The van der Waals surface area contributed by atoms with Crippen LogP contribution in [0.2, 0.25) is 0 Å². The number of rotatable bonds is 4. The summed E-state index contributed by atoms with van der Waals surface area (Å²) >= 11 is 0. The Balaban J connectivity index is 2.16. The van der Waals surface area contributed by atoms with Crippen LogP contribution in [0.5, 0.6) is 5.75 Å². The largest absolute Gasteiger partial charge is 0.489 e. The molecule has 0 amide bonds. The van der Waals surface area contributed by atoms with Gasteiger partial charge in [-0.05, 0) is 56.6 Å². The van der Waals surface area contributed by atoms with Crippen molar-refractivity contribution in [2.24, 2.45) is 17.6 Å². The van der Waals surface area contributed by atoms with Gasteiger partial charge in [-0.3, -0.25) is 4.98 Å². The lowest BCUT2D eigenvalue weighted by atomic mass is 9.72. The van der Waals surface area contributed by atoms with Crippen LogP contribution in [0, 0.1) is 11.8 Å². The highest BCUT2D eigenvalue weighted by Gasteiger charge is 2.31. The number of nitrogens with zero attached hydrogens (tertiary/aromatic N) is 1. The van der Waals surface area contributed by atoms with E-state index in [1.165, 1.54) is 18.4 Å². The predicted octanol–water partition coefficient (Wildman–Crippen LogP) is 3.74. The van der Waals surface area contributed by atoms with Crippen LogP contribution < -0.4 is 10.5 Å². The lowest BCUT2D eigenvalue weighted by Gasteiger charge is -2.36. The zero-order valence-electron chi connectivity index (χ0n) is 13.2. The number of nitrogens with two attached hydrogens (primary N) is 1. The maximum atomic E-state index is 6.36. The van der Waals surface area contributed by atoms with Crippen LogP contribution in [0.4, 0.5) is 0 Å². The minimum atomic E-state index is 0.176. The van der Waals surface area contributed by atoms with E-state index in [9.17, 15) is 0 Å². The standard InChI is InChI=1S/C17H28N2O/c1-11(2)13-5-6-17(18)16(8-13)14-7-15(10-19-9-14)20-12(3)4/h7,9-13,16-17H,5-6,8,18H2,1-4H3. The molecule has 1 aromatic rings. The lowest BCUT2D eigenvalue weighted by Crippen LogP contribution is -2.36. The van der Waals surface area contributed by atoms with Crippen LogP contribution >= 0.6 is 0 Å². The molecule has 0 saturated heterocycles. The minimum absolute atomic E-state index is 0.176. The van der Waals surface area contributed by atoms with E-state index in [-0.39, 0.29) is 12.1 Å². The van der Waals surface area contributed by atoms with Crippen molar-refractivity contribution in [1.82, 2.24) is 4.98 Å². The van der Waals surface area contributed by atoms with Crippen LogP contribution in [-0.4, -0.2) is 17.1 Å². The molecular formula is C17H28N2O. The van der Waals surface area contributed by atoms with E-state index >= 15 is 0 Å². The third-order valence-corrected chi connectivity index (χ3v) is 4.42. The molecule has 2 N–H and O–H groups in total. The molecule has 0 aliphatic heterocycles. The molecule has 1 aromatic heterocycles. The molecule has 0 bridgehead atoms. The van der Waals surface area contributed by atoms with E-state index in [2.05, 4.69) is 24.9 Å². The smallest absolute Gasteiger partial charge is 0.138 e. The summed E-state index contributed by atoms with van der Waals surface area (Å²) in [7, 11) is 0. The van der Waals surface area contributed by atoms with Gasteiger partial charge in [-0.2, -0.15) is 0 Å². The maximum absolute atomic E-state index is 6.36. The summed E-state index contributed by atoms with van der Waals surface area (Å²) in [5.74, 6) is 2.78. The van der Waals surface area contributed by atoms with Crippen molar-refractivity contribution >= 4 is 0 Å². The van der Waals surface area contributed by atoms with E-state index in [0.717, 1.165) is 24.0 Å². The number of ether oxygens (including phenoxy) is 1. The third kappa shape index (κ3) is 3.72. The first-order valence-corrected chi connectivity index (χ1v) is 7.84. The maximum Gasteiger partial charge on any atom is 0.138 e. The van der Waals surface area contributed by atoms with Gasteiger partial charge in [0.05, 0.1) is 12.3 Å². The van der Waals surface area contributed by atoms with Crippen LogP contribution in [-0.2, 0) is 0 Å². The van der Waals surface area contributed by atoms with Crippen molar-refractivity contribution < 1.29 is 4.74 Å². The summed E-state index contributed by atoms with van der Waals surface area (Å²) in [5.41, 5.74) is 7.59. The highest BCUT2D eigenvalue weighted by molar-refractivity contribution is 5.28. The Kier molecular flexibility index (Phi) is 5.03. The monoisotopic (exact) mass is 276 g/mol. The molecule has 1 aliphatic carbocycles. The molecule has 0 aromatic carbocycles. The van der Waals surface area contributed by atoms with E-state index in [0.29, 0.717) is 5.92 Å². The zero-order valence-corrected chi connectivity index (χ0v) is 13.2. The molecular weight excluding hydrogens is 248 g/mol. The molecule has 1 aliphatic rings. The average Bonchev–Trinajstić information content (AvgIpc) is 2.38. The quantitative estimate of drug-likeness (QED) is 0.911. The Morgan fingerprint density at radius 3 is 2.60 bits per heavy atom. The molecule has 0 radical (unpaired) electrons. The van der Waals surface area contributed by atoms with Crippen molar-refractivity contribution in [1.29, 1.82) is 0 Å². The molecule has 1 heterocycles. The van der Waals surface area contributed by atoms with Gasteiger partial charge in [-0.1, -0.05) is 13.8 Å². The van der Waals surface area contributed by atoms with E-state index < -0.39 is 0 Å². The summed E-state index contributed by atoms with van der Waals surface area (Å²) in [6.07, 6.45) is 7.47. The van der Waals surface area contributed by atoms with Gasteiger partial charge in [0.25, 0.3) is 0 Å². The van der Waals surface area contributed by atoms with Gasteiger partial charge in [0.1, 0.15) is 5.75 Å². The molecule has 3 unspecified atom stereocenters. The second-order valence-electron chi connectivity index (χ2n) is 6.71. The predicted molar refractivity (Wildman–Crippen MR) is 82.9 cm³/mol. The Morgan fingerprint density at radius 1 is 1.20 bits per heavy atom. The summed E-state index contributed by atoms with van der Waals surface area (Å²) < 4.78 is 5.75. The summed E-state index contributed by atoms with van der Waals surface area (Å²) in [6, 6.07) is 2.38. The highest BCUT2D eigenvalue weighted by Crippen LogP contribution is 2.39. The van der Waals surface area contributed by atoms with E-state index in [4.69, 9.17) is 10.5 Å². The molecule has 20 heavy (non-hydrogen) atoms. The molecule has 112 valence electrons. The van der Waals surface area contributed by atoms with Crippen molar-refractivity contribution in [3.63, 3.8) is 0 Å². The fourth-order valence-electron chi connectivity index (χ4n) is 3.19. The van der Waals surface area contributed by atoms with Crippen molar-refractivity contribution in [2.45, 2.75) is 65.0 Å². The molecule has 3 nitrogen and oxygen atoms in total. The number of aromatic nitrogens is 1. The molecule has 1 saturated carbocycles. The van der Waals surface area contributed by atoms with Gasteiger partial charge >= 0.3 is 0 Å². The van der Waals surface area contributed by atoms with Gasteiger partial charge in [0.2, 0.25) is 0 Å². The van der Waals surface area contributed by atoms with Gasteiger partial charge in [0, 0.05) is 18.2 Å². The first-order valence-electron chi connectivity index (χ1n) is 7.84. The number of pyridine rings is 1. The molecule has 3 atom stereocenters. The first kappa shape index (κ1) is 15.3. The molecule has 2 rings (SSSR count). The number of hydrogen-bond acceptors (Lipinski definition) is 3. The van der Waals surface area contributed by atoms with Crippen LogP contribution in [0.25, 0.3) is 0 Å². The second-order valence-corrected chi connectivity index (χ2v) is 6.71. The van der Waals surface area contributed by atoms with Crippen molar-refractivity contribution in [2.75, 3.05) is 0 Å². The summed E-state index contributed by atoms with van der Waals surface area (Å²) in [4.78, 5) is 4.34. The summed E-state index contributed by atoms with van der Waals surface area (Å²) in [6.45, 7) is 8.70. The Hall–Kier alpha value is -1.09. The normalized spacial score (nSPS) is 27.1. The zero-order chi connectivity index (χ0) is 14.7. The average molecular weight is 276 g/mol. The SMILES string of the molecule is CC(C)Oc1cncc(C2CC(C(C)C)CCC2N)c1. The van der Waals surface area contributed by atoms with Crippen LogP contribution in [0.1, 0.15) is 58.4 Å². The van der Waals surface area contributed by atoms with Crippen molar-refractivity contribution in [3.05, 3.63) is 24.0 Å². The fraction of sp³-hybridized carbons (Fsp3) is 0.706. The van der Waals surface area contributed by atoms with Gasteiger partial charge in [-0.25, -0.2) is 0 Å². The molecule has 3 heteroatoms. The Labute approximate surface area is 122 Å². The van der Waals surface area contributed by atoms with Crippen LogP contribution in [0.3, 0.4) is 0 Å². The highest BCUT2D eigenvalue weighted by atomic mass is 16.5.